The fraction of sp³-hybridized carbons (Fsp3) is 0.125. The number of benzene rings is 2. The number of rotatable bonds is 3. The second-order valence-electron chi connectivity index (χ2n) is 4.79. The summed E-state index contributed by atoms with van der Waals surface area (Å²) in [5.41, 5.74) is 2.82. The third kappa shape index (κ3) is 2.68. The van der Waals surface area contributed by atoms with E-state index in [9.17, 15) is 5.11 Å². The van der Waals surface area contributed by atoms with Crippen molar-refractivity contribution in [1.82, 2.24) is 14.8 Å². The molecule has 0 aliphatic rings. The fourth-order valence-electron chi connectivity index (χ4n) is 2.32. The summed E-state index contributed by atoms with van der Waals surface area (Å²) in [6.07, 6.45) is 0. The van der Waals surface area contributed by atoms with Gasteiger partial charge in [0.05, 0.1) is 0 Å². The molecule has 0 unspecified atom stereocenters. The van der Waals surface area contributed by atoms with Gasteiger partial charge < -0.3 is 5.11 Å². The van der Waals surface area contributed by atoms with Crippen LogP contribution in [0.5, 0.6) is 0 Å². The molecule has 5 heteroatoms. The molecule has 0 aliphatic carbocycles. The van der Waals surface area contributed by atoms with Gasteiger partial charge in [0.2, 0.25) is 0 Å². The van der Waals surface area contributed by atoms with Gasteiger partial charge >= 0.3 is 0 Å². The van der Waals surface area contributed by atoms with Crippen LogP contribution in [0.2, 0.25) is 5.02 Å². The monoisotopic (exact) mass is 299 g/mol. The maximum Gasteiger partial charge on any atom is 0.168 e. The van der Waals surface area contributed by atoms with Crippen molar-refractivity contribution in [2.24, 2.45) is 0 Å². The first-order valence-electron chi connectivity index (χ1n) is 6.57. The van der Waals surface area contributed by atoms with Gasteiger partial charge in [0.15, 0.2) is 11.6 Å². The highest BCUT2D eigenvalue weighted by atomic mass is 35.5. The Kier molecular flexibility index (Phi) is 3.73. The van der Waals surface area contributed by atoms with E-state index in [0.717, 1.165) is 16.8 Å². The summed E-state index contributed by atoms with van der Waals surface area (Å²) >= 11 is 6.13. The van der Waals surface area contributed by atoms with E-state index in [1.165, 1.54) is 0 Å². The molecule has 106 valence electrons. The summed E-state index contributed by atoms with van der Waals surface area (Å²) in [6, 6.07) is 15.4. The fourth-order valence-corrected chi connectivity index (χ4v) is 2.61. The smallest absolute Gasteiger partial charge is 0.168 e. The highest BCUT2D eigenvalue weighted by Gasteiger charge is 2.15. The summed E-state index contributed by atoms with van der Waals surface area (Å²) in [6.45, 7) is 1.80. The Morgan fingerprint density at radius 1 is 1.10 bits per heavy atom. The number of halogens is 1. The van der Waals surface area contributed by atoms with Crippen molar-refractivity contribution >= 4 is 11.6 Å². The van der Waals surface area contributed by atoms with Crippen LogP contribution >= 0.6 is 11.6 Å². The van der Waals surface area contributed by atoms with E-state index in [1.807, 2.05) is 60.0 Å². The minimum Gasteiger partial charge on any atom is -0.388 e. The number of hydrogen-bond acceptors (Lipinski definition) is 3. The number of aromatic nitrogens is 3. The molecule has 1 N–H and O–H groups in total. The highest BCUT2D eigenvalue weighted by Crippen LogP contribution is 2.26. The summed E-state index contributed by atoms with van der Waals surface area (Å²) in [5.74, 6) is 1.16. The molecule has 0 saturated heterocycles. The molecule has 0 saturated carbocycles. The molecular formula is C16H14ClN3O. The highest BCUT2D eigenvalue weighted by molar-refractivity contribution is 6.30. The first-order chi connectivity index (χ1) is 10.2. The van der Waals surface area contributed by atoms with Crippen molar-refractivity contribution < 1.29 is 5.11 Å². The van der Waals surface area contributed by atoms with Gasteiger partial charge in [-0.15, -0.1) is 10.2 Å². The number of hydrogen-bond donors (Lipinski definition) is 1. The molecule has 2 aromatic carbocycles. The van der Waals surface area contributed by atoms with E-state index < -0.39 is 0 Å². The number of aryl methyl sites for hydroxylation is 1. The maximum atomic E-state index is 9.50. The van der Waals surface area contributed by atoms with Crippen molar-refractivity contribution in [3.05, 3.63) is 64.9 Å². The molecule has 0 spiro atoms. The van der Waals surface area contributed by atoms with E-state index in [2.05, 4.69) is 10.2 Å². The van der Waals surface area contributed by atoms with Crippen LogP contribution in [-0.4, -0.2) is 19.9 Å². The van der Waals surface area contributed by atoms with Crippen LogP contribution in [0.25, 0.3) is 17.1 Å². The molecular weight excluding hydrogens is 286 g/mol. The third-order valence-corrected chi connectivity index (χ3v) is 3.40. The Morgan fingerprint density at radius 2 is 1.86 bits per heavy atom. The topological polar surface area (TPSA) is 50.9 Å². The van der Waals surface area contributed by atoms with Crippen LogP contribution in [0.15, 0.2) is 48.5 Å². The number of para-hydroxylation sites is 1. The summed E-state index contributed by atoms with van der Waals surface area (Å²) in [4.78, 5) is 0. The summed E-state index contributed by atoms with van der Waals surface area (Å²) in [7, 11) is 0. The molecule has 1 aromatic heterocycles. The van der Waals surface area contributed by atoms with E-state index in [-0.39, 0.29) is 6.61 Å². The molecule has 1 heterocycles. The zero-order valence-electron chi connectivity index (χ0n) is 11.5. The van der Waals surface area contributed by atoms with Crippen LogP contribution in [0.3, 0.4) is 0 Å². The zero-order chi connectivity index (χ0) is 14.8. The molecule has 0 radical (unpaired) electrons. The van der Waals surface area contributed by atoms with E-state index in [4.69, 9.17) is 11.6 Å². The second-order valence-corrected chi connectivity index (χ2v) is 5.22. The summed E-state index contributed by atoms with van der Waals surface area (Å²) in [5, 5.41) is 18.4. The predicted octanol–water partition coefficient (Wildman–Crippen LogP) is 3.39. The normalized spacial score (nSPS) is 10.8. The lowest BCUT2D eigenvalue weighted by Crippen LogP contribution is -2.03. The van der Waals surface area contributed by atoms with Gasteiger partial charge in [0.25, 0.3) is 0 Å². The van der Waals surface area contributed by atoms with Crippen molar-refractivity contribution in [2.75, 3.05) is 0 Å². The Bertz CT molecular complexity index is 748. The lowest BCUT2D eigenvalue weighted by atomic mass is 10.1. The average molecular weight is 300 g/mol. The second kappa shape index (κ2) is 5.68. The molecule has 0 bridgehead atoms. The lowest BCUT2D eigenvalue weighted by molar-refractivity contribution is 0.269. The predicted molar refractivity (Wildman–Crippen MR) is 82.5 cm³/mol. The minimum absolute atomic E-state index is 0.179. The van der Waals surface area contributed by atoms with Gasteiger partial charge in [-0.05, 0) is 42.8 Å². The first-order valence-corrected chi connectivity index (χ1v) is 6.95. The van der Waals surface area contributed by atoms with Gasteiger partial charge in [0.1, 0.15) is 6.61 Å². The van der Waals surface area contributed by atoms with Crippen LogP contribution in [0.1, 0.15) is 11.4 Å². The van der Waals surface area contributed by atoms with E-state index >= 15 is 0 Å². The van der Waals surface area contributed by atoms with Crippen LogP contribution < -0.4 is 0 Å². The van der Waals surface area contributed by atoms with Crippen LogP contribution in [0, 0.1) is 6.92 Å². The molecule has 0 atom stereocenters. The minimum atomic E-state index is -0.179. The molecule has 0 aliphatic heterocycles. The van der Waals surface area contributed by atoms with Gasteiger partial charge in [-0.1, -0.05) is 29.8 Å². The first kappa shape index (κ1) is 13.8. The number of aliphatic hydroxyl groups is 1. The van der Waals surface area contributed by atoms with Gasteiger partial charge in [-0.25, -0.2) is 0 Å². The molecule has 3 rings (SSSR count). The Labute approximate surface area is 127 Å². The van der Waals surface area contributed by atoms with Gasteiger partial charge in [-0.2, -0.15) is 0 Å². The summed E-state index contributed by atoms with van der Waals surface area (Å²) < 4.78 is 1.84. The quantitative estimate of drug-likeness (QED) is 0.806. The third-order valence-electron chi connectivity index (χ3n) is 3.19. The van der Waals surface area contributed by atoms with Crippen molar-refractivity contribution in [1.29, 1.82) is 0 Å². The van der Waals surface area contributed by atoms with Crippen molar-refractivity contribution in [3.8, 4) is 17.1 Å². The number of aliphatic hydroxyl groups excluding tert-OH is 1. The van der Waals surface area contributed by atoms with Crippen molar-refractivity contribution in [3.63, 3.8) is 0 Å². The van der Waals surface area contributed by atoms with Crippen molar-refractivity contribution in [2.45, 2.75) is 13.5 Å². The lowest BCUT2D eigenvalue weighted by Gasteiger charge is -2.10. The molecule has 3 aromatic rings. The Balaban J connectivity index is 2.22. The van der Waals surface area contributed by atoms with E-state index in [0.29, 0.717) is 16.7 Å². The Morgan fingerprint density at radius 3 is 2.52 bits per heavy atom. The molecule has 21 heavy (non-hydrogen) atoms. The van der Waals surface area contributed by atoms with Crippen LogP contribution in [0.4, 0.5) is 0 Å². The van der Waals surface area contributed by atoms with Gasteiger partial charge in [-0.3, -0.25) is 4.57 Å². The zero-order valence-corrected chi connectivity index (χ0v) is 12.2. The van der Waals surface area contributed by atoms with E-state index in [1.54, 1.807) is 0 Å². The standard InChI is InChI=1S/C16H14ClN3O/c1-11-7-12(9-13(17)8-11)16-19-18-15(10-21)20(16)14-5-3-2-4-6-14/h2-9,21H,10H2,1H3. The maximum absolute atomic E-state index is 9.50. The molecule has 0 fully saturated rings. The SMILES string of the molecule is Cc1cc(Cl)cc(-c2nnc(CO)n2-c2ccccc2)c1. The Hall–Kier alpha value is -2.17. The van der Waals surface area contributed by atoms with Crippen LogP contribution in [-0.2, 0) is 6.61 Å². The average Bonchev–Trinajstić information content (AvgIpc) is 2.91. The molecule has 0 amide bonds. The largest absolute Gasteiger partial charge is 0.388 e. The van der Waals surface area contributed by atoms with Gasteiger partial charge in [0, 0.05) is 16.3 Å². The molecule has 4 nitrogen and oxygen atoms in total. The number of nitrogens with zero attached hydrogens (tertiary/aromatic N) is 3.